The molecule has 5 nitrogen and oxygen atoms in total. The SMILES string of the molecule is CNC(=O)CNCC(=O)N(Cc1ccccc1)c1cccc(C)c1. The van der Waals surface area contributed by atoms with Crippen molar-refractivity contribution in [3.8, 4) is 0 Å². The van der Waals surface area contributed by atoms with E-state index in [2.05, 4.69) is 10.6 Å². The van der Waals surface area contributed by atoms with Gasteiger partial charge in [0.1, 0.15) is 0 Å². The number of amides is 2. The van der Waals surface area contributed by atoms with Crippen molar-refractivity contribution in [2.75, 3.05) is 25.0 Å². The second kappa shape index (κ2) is 8.84. The Hall–Kier alpha value is -2.66. The van der Waals surface area contributed by atoms with Crippen molar-refractivity contribution < 1.29 is 9.59 Å². The summed E-state index contributed by atoms with van der Waals surface area (Å²) in [5.41, 5.74) is 3.00. The van der Waals surface area contributed by atoms with Crippen molar-refractivity contribution in [2.45, 2.75) is 13.5 Å². The Bertz CT molecular complexity index is 686. The zero-order valence-corrected chi connectivity index (χ0v) is 14.1. The number of hydrogen-bond acceptors (Lipinski definition) is 3. The van der Waals surface area contributed by atoms with Crippen LogP contribution in [0.1, 0.15) is 11.1 Å². The molecule has 2 rings (SSSR count). The monoisotopic (exact) mass is 325 g/mol. The standard InChI is InChI=1S/C19H23N3O2/c1-15-7-6-10-17(11-15)22(14-16-8-4-3-5-9-16)19(24)13-21-12-18(23)20-2/h3-11,21H,12-14H2,1-2H3,(H,20,23). The number of anilines is 1. The lowest BCUT2D eigenvalue weighted by Gasteiger charge is -2.23. The van der Waals surface area contributed by atoms with Gasteiger partial charge in [0.15, 0.2) is 0 Å². The molecule has 0 spiro atoms. The zero-order chi connectivity index (χ0) is 17.4. The van der Waals surface area contributed by atoms with Crippen LogP contribution >= 0.6 is 0 Å². The minimum absolute atomic E-state index is 0.0756. The van der Waals surface area contributed by atoms with E-state index in [0.29, 0.717) is 6.54 Å². The van der Waals surface area contributed by atoms with Crippen LogP contribution in [0.15, 0.2) is 54.6 Å². The van der Waals surface area contributed by atoms with Crippen LogP contribution in [0.3, 0.4) is 0 Å². The third-order valence-corrected chi connectivity index (χ3v) is 3.64. The highest BCUT2D eigenvalue weighted by Gasteiger charge is 2.16. The molecule has 5 heteroatoms. The maximum Gasteiger partial charge on any atom is 0.241 e. The van der Waals surface area contributed by atoms with E-state index in [1.165, 1.54) is 0 Å². The number of aryl methyl sites for hydroxylation is 1. The average molecular weight is 325 g/mol. The molecule has 0 aliphatic rings. The van der Waals surface area contributed by atoms with E-state index in [4.69, 9.17) is 0 Å². The molecule has 0 aliphatic heterocycles. The highest BCUT2D eigenvalue weighted by molar-refractivity contribution is 5.95. The Morgan fingerprint density at radius 2 is 1.75 bits per heavy atom. The van der Waals surface area contributed by atoms with Crippen LogP contribution in [0, 0.1) is 6.92 Å². The lowest BCUT2D eigenvalue weighted by Crippen LogP contribution is -2.41. The first-order valence-corrected chi connectivity index (χ1v) is 7.92. The third-order valence-electron chi connectivity index (χ3n) is 3.64. The first-order chi connectivity index (χ1) is 11.6. The van der Waals surface area contributed by atoms with Gasteiger partial charge in [-0.15, -0.1) is 0 Å². The number of benzene rings is 2. The van der Waals surface area contributed by atoms with E-state index in [1.54, 1.807) is 11.9 Å². The largest absolute Gasteiger partial charge is 0.358 e. The van der Waals surface area contributed by atoms with Gasteiger partial charge in [-0.1, -0.05) is 42.5 Å². The second-order valence-corrected chi connectivity index (χ2v) is 5.58. The molecule has 0 saturated carbocycles. The second-order valence-electron chi connectivity index (χ2n) is 5.58. The highest BCUT2D eigenvalue weighted by atomic mass is 16.2. The van der Waals surface area contributed by atoms with Gasteiger partial charge in [-0.3, -0.25) is 14.9 Å². The van der Waals surface area contributed by atoms with Gasteiger partial charge in [0, 0.05) is 12.7 Å². The Morgan fingerprint density at radius 3 is 2.42 bits per heavy atom. The molecule has 0 heterocycles. The summed E-state index contributed by atoms with van der Waals surface area (Å²) in [6, 6.07) is 17.7. The van der Waals surface area contributed by atoms with Crippen molar-refractivity contribution in [1.82, 2.24) is 10.6 Å². The summed E-state index contributed by atoms with van der Waals surface area (Å²) in [6.07, 6.45) is 0. The maximum atomic E-state index is 12.7. The topological polar surface area (TPSA) is 61.4 Å². The number of likely N-dealkylation sites (N-methyl/N-ethyl adjacent to an activating group) is 1. The van der Waals surface area contributed by atoms with E-state index in [-0.39, 0.29) is 24.9 Å². The van der Waals surface area contributed by atoms with Gasteiger partial charge in [0.05, 0.1) is 19.6 Å². The average Bonchev–Trinajstić information content (AvgIpc) is 2.60. The molecule has 2 aromatic carbocycles. The van der Waals surface area contributed by atoms with E-state index in [1.807, 2.05) is 61.5 Å². The fourth-order valence-electron chi connectivity index (χ4n) is 2.35. The number of nitrogens with zero attached hydrogens (tertiary/aromatic N) is 1. The molecular weight excluding hydrogens is 302 g/mol. The smallest absolute Gasteiger partial charge is 0.241 e. The van der Waals surface area contributed by atoms with Crippen molar-refractivity contribution in [3.63, 3.8) is 0 Å². The molecule has 0 saturated heterocycles. The molecule has 0 aromatic heterocycles. The third kappa shape index (κ3) is 5.21. The molecule has 0 bridgehead atoms. The maximum absolute atomic E-state index is 12.7. The minimum atomic E-state index is -0.145. The van der Waals surface area contributed by atoms with E-state index >= 15 is 0 Å². The lowest BCUT2D eigenvalue weighted by molar-refractivity contribution is -0.120. The van der Waals surface area contributed by atoms with Crippen molar-refractivity contribution in [3.05, 3.63) is 65.7 Å². The lowest BCUT2D eigenvalue weighted by atomic mass is 10.1. The van der Waals surface area contributed by atoms with Crippen molar-refractivity contribution in [2.24, 2.45) is 0 Å². The van der Waals surface area contributed by atoms with Crippen LogP contribution in [0.4, 0.5) is 5.69 Å². The number of rotatable bonds is 7. The molecule has 0 atom stereocenters. The van der Waals surface area contributed by atoms with Crippen molar-refractivity contribution >= 4 is 17.5 Å². The summed E-state index contributed by atoms with van der Waals surface area (Å²) < 4.78 is 0. The van der Waals surface area contributed by atoms with E-state index in [9.17, 15) is 9.59 Å². The van der Waals surface area contributed by atoms with E-state index < -0.39 is 0 Å². The summed E-state index contributed by atoms with van der Waals surface area (Å²) in [5, 5.41) is 5.40. The number of carbonyl (C=O) groups is 2. The zero-order valence-electron chi connectivity index (χ0n) is 14.1. The molecule has 0 aliphatic carbocycles. The number of nitrogens with one attached hydrogen (secondary N) is 2. The molecule has 2 amide bonds. The van der Waals surface area contributed by atoms with Gasteiger partial charge in [-0.25, -0.2) is 0 Å². The fourth-order valence-corrected chi connectivity index (χ4v) is 2.35. The normalized spacial score (nSPS) is 10.2. The Labute approximate surface area is 142 Å². The summed E-state index contributed by atoms with van der Waals surface area (Å²) in [5.74, 6) is -0.221. The fraction of sp³-hybridized carbons (Fsp3) is 0.263. The van der Waals surface area contributed by atoms with Gasteiger partial charge in [-0.2, -0.15) is 0 Å². The Kier molecular flexibility index (Phi) is 6.51. The Morgan fingerprint density at radius 1 is 1.00 bits per heavy atom. The predicted octanol–water partition coefficient (Wildman–Crippen LogP) is 1.86. The quantitative estimate of drug-likeness (QED) is 0.817. The first kappa shape index (κ1) is 17.7. The molecular formula is C19H23N3O2. The van der Waals surface area contributed by atoms with Crippen LogP contribution < -0.4 is 15.5 Å². The molecule has 126 valence electrons. The van der Waals surface area contributed by atoms with E-state index in [0.717, 1.165) is 16.8 Å². The highest BCUT2D eigenvalue weighted by Crippen LogP contribution is 2.19. The molecule has 24 heavy (non-hydrogen) atoms. The minimum Gasteiger partial charge on any atom is -0.358 e. The predicted molar refractivity (Wildman–Crippen MR) is 95.7 cm³/mol. The molecule has 2 N–H and O–H groups in total. The summed E-state index contributed by atoms with van der Waals surface area (Å²) >= 11 is 0. The van der Waals surface area contributed by atoms with Crippen LogP contribution in [0.2, 0.25) is 0 Å². The van der Waals surface area contributed by atoms with Crippen molar-refractivity contribution in [1.29, 1.82) is 0 Å². The Balaban J connectivity index is 2.13. The van der Waals surface area contributed by atoms with Gasteiger partial charge in [0.2, 0.25) is 11.8 Å². The summed E-state index contributed by atoms with van der Waals surface area (Å²) in [4.78, 5) is 25.7. The van der Waals surface area contributed by atoms with Gasteiger partial charge >= 0.3 is 0 Å². The summed E-state index contributed by atoms with van der Waals surface area (Å²) in [7, 11) is 1.57. The van der Waals surface area contributed by atoms with Crippen LogP contribution in [0.25, 0.3) is 0 Å². The molecule has 2 aromatic rings. The van der Waals surface area contributed by atoms with Gasteiger partial charge in [0.25, 0.3) is 0 Å². The van der Waals surface area contributed by atoms with Crippen LogP contribution in [0.5, 0.6) is 0 Å². The number of hydrogen-bond donors (Lipinski definition) is 2. The summed E-state index contributed by atoms with van der Waals surface area (Å²) in [6.45, 7) is 2.71. The number of carbonyl (C=O) groups excluding carboxylic acids is 2. The molecule has 0 radical (unpaired) electrons. The molecule has 0 unspecified atom stereocenters. The molecule has 0 fully saturated rings. The van der Waals surface area contributed by atoms with Crippen LogP contribution in [-0.4, -0.2) is 32.0 Å². The van der Waals surface area contributed by atoms with Gasteiger partial charge in [-0.05, 0) is 30.2 Å². The first-order valence-electron chi connectivity index (χ1n) is 7.92. The van der Waals surface area contributed by atoms with Gasteiger partial charge < -0.3 is 10.2 Å². The van der Waals surface area contributed by atoms with Crippen LogP contribution in [-0.2, 0) is 16.1 Å².